The van der Waals surface area contributed by atoms with Crippen LogP contribution in [0.15, 0.2) is 30.9 Å². The summed E-state index contributed by atoms with van der Waals surface area (Å²) < 4.78 is 55.4. The van der Waals surface area contributed by atoms with Gasteiger partial charge in [0.25, 0.3) is 0 Å². The van der Waals surface area contributed by atoms with Crippen molar-refractivity contribution in [2.75, 3.05) is 31.9 Å². The van der Waals surface area contributed by atoms with Gasteiger partial charge in [0.2, 0.25) is 10.0 Å². The average molecular weight is 474 g/mol. The molecular weight excluding hydrogens is 451 g/mol. The van der Waals surface area contributed by atoms with Crippen LogP contribution >= 0.6 is 24.8 Å². The Kier molecular flexibility index (Phi) is 9.38. The van der Waals surface area contributed by atoms with E-state index >= 15 is 0 Å². The van der Waals surface area contributed by atoms with Crippen molar-refractivity contribution in [1.29, 1.82) is 0 Å². The van der Waals surface area contributed by atoms with Gasteiger partial charge in [-0.15, -0.1) is 24.8 Å². The standard InChI is InChI=1S/C16H21F2N5O3S.2ClH/c17-13-1-2-14(15(18)9-13)16(24,10-22-12-20-11-21-22)3-8-27(25,26)23-6-4-19-5-7-23;;/h1-2,9,11-12,19,24H,3-8,10H2;2*1H/t16-;;/m0../s1. The monoisotopic (exact) mass is 473 g/mol. The number of hydrogen-bond acceptors (Lipinski definition) is 6. The van der Waals surface area contributed by atoms with E-state index in [9.17, 15) is 22.3 Å². The van der Waals surface area contributed by atoms with Gasteiger partial charge in [-0.05, 0) is 12.5 Å². The first kappa shape index (κ1) is 25.7. The van der Waals surface area contributed by atoms with E-state index < -0.39 is 27.3 Å². The number of aliphatic hydroxyl groups is 1. The maximum atomic E-state index is 14.3. The molecular formula is C16H23Cl2F2N5O3S. The maximum absolute atomic E-state index is 14.3. The first-order chi connectivity index (χ1) is 12.8. The minimum Gasteiger partial charge on any atom is -0.383 e. The molecule has 2 aromatic rings. The summed E-state index contributed by atoms with van der Waals surface area (Å²) in [7, 11) is -3.63. The number of rotatable bonds is 7. The molecule has 1 saturated heterocycles. The second-order valence-electron chi connectivity index (χ2n) is 6.46. The van der Waals surface area contributed by atoms with Gasteiger partial charge in [0.1, 0.15) is 29.9 Å². The summed E-state index contributed by atoms with van der Waals surface area (Å²) in [5, 5.41) is 18.1. The fourth-order valence-electron chi connectivity index (χ4n) is 3.10. The van der Waals surface area contributed by atoms with Crippen molar-refractivity contribution in [2.24, 2.45) is 0 Å². The molecule has 0 spiro atoms. The van der Waals surface area contributed by atoms with E-state index in [4.69, 9.17) is 0 Å². The average Bonchev–Trinajstić information content (AvgIpc) is 3.13. The number of benzene rings is 1. The Labute approximate surface area is 180 Å². The Bertz CT molecular complexity index is 883. The van der Waals surface area contributed by atoms with E-state index in [2.05, 4.69) is 15.4 Å². The molecule has 1 aromatic heterocycles. The zero-order valence-corrected chi connectivity index (χ0v) is 17.8. The van der Waals surface area contributed by atoms with E-state index in [0.29, 0.717) is 32.2 Å². The van der Waals surface area contributed by atoms with Gasteiger partial charge in [-0.1, -0.05) is 6.07 Å². The first-order valence-corrected chi connectivity index (χ1v) is 10.1. The molecule has 1 aliphatic rings. The highest BCUT2D eigenvalue weighted by Crippen LogP contribution is 2.30. The maximum Gasteiger partial charge on any atom is 0.214 e. The summed E-state index contributed by atoms with van der Waals surface area (Å²) in [5.41, 5.74) is -2.08. The third kappa shape index (κ3) is 6.30. The number of hydrogen-bond donors (Lipinski definition) is 2. The molecule has 1 aliphatic heterocycles. The van der Waals surface area contributed by atoms with Crippen LogP contribution in [0.3, 0.4) is 0 Å². The smallest absolute Gasteiger partial charge is 0.214 e. The second kappa shape index (κ2) is 10.6. The molecule has 1 atom stereocenters. The van der Waals surface area contributed by atoms with Gasteiger partial charge >= 0.3 is 0 Å². The summed E-state index contributed by atoms with van der Waals surface area (Å²) in [6.45, 7) is 1.57. The summed E-state index contributed by atoms with van der Waals surface area (Å²) >= 11 is 0. The molecule has 29 heavy (non-hydrogen) atoms. The van der Waals surface area contributed by atoms with Gasteiger partial charge in [0.05, 0.1) is 12.3 Å². The lowest BCUT2D eigenvalue weighted by Crippen LogP contribution is -2.48. The van der Waals surface area contributed by atoms with Crippen LogP contribution in [0.5, 0.6) is 0 Å². The van der Waals surface area contributed by atoms with Crippen LogP contribution in [-0.4, -0.2) is 64.5 Å². The lowest BCUT2D eigenvalue weighted by atomic mass is 9.90. The minimum atomic E-state index is -3.63. The van der Waals surface area contributed by atoms with Crippen molar-refractivity contribution in [1.82, 2.24) is 24.4 Å². The zero-order valence-electron chi connectivity index (χ0n) is 15.4. The fourth-order valence-corrected chi connectivity index (χ4v) is 4.69. The van der Waals surface area contributed by atoms with Gasteiger partial charge in [0.15, 0.2) is 0 Å². The molecule has 0 saturated carbocycles. The third-order valence-corrected chi connectivity index (χ3v) is 6.44. The van der Waals surface area contributed by atoms with Crippen molar-refractivity contribution < 1.29 is 22.3 Å². The van der Waals surface area contributed by atoms with Crippen LogP contribution in [0.1, 0.15) is 12.0 Å². The largest absolute Gasteiger partial charge is 0.383 e. The minimum absolute atomic E-state index is 0. The molecule has 2 heterocycles. The van der Waals surface area contributed by atoms with Crippen LogP contribution < -0.4 is 5.32 Å². The number of piperazine rings is 1. The highest BCUT2D eigenvalue weighted by Gasteiger charge is 2.36. The summed E-state index contributed by atoms with van der Waals surface area (Å²) in [4.78, 5) is 3.77. The molecule has 1 aromatic carbocycles. The van der Waals surface area contributed by atoms with Gasteiger partial charge < -0.3 is 10.4 Å². The fraction of sp³-hybridized carbons (Fsp3) is 0.500. The molecule has 0 bridgehead atoms. The predicted molar refractivity (Wildman–Crippen MR) is 108 cm³/mol. The van der Waals surface area contributed by atoms with Gasteiger partial charge in [0, 0.05) is 37.8 Å². The Morgan fingerprint density at radius 2 is 1.90 bits per heavy atom. The SMILES string of the molecule is Cl.Cl.O=S(=O)(CC[C@](O)(Cn1cncn1)c1ccc(F)cc1F)N1CCNCC1. The molecule has 0 amide bonds. The van der Waals surface area contributed by atoms with E-state index in [1.54, 1.807) is 0 Å². The molecule has 2 N–H and O–H groups in total. The van der Waals surface area contributed by atoms with Gasteiger partial charge in [-0.25, -0.2) is 26.9 Å². The lowest BCUT2D eigenvalue weighted by molar-refractivity contribution is 0.00807. The van der Waals surface area contributed by atoms with Crippen molar-refractivity contribution in [2.45, 2.75) is 18.6 Å². The highest BCUT2D eigenvalue weighted by atomic mass is 35.5. The van der Waals surface area contributed by atoms with Gasteiger partial charge in [-0.2, -0.15) is 9.40 Å². The van der Waals surface area contributed by atoms with Crippen LogP contribution in [0.25, 0.3) is 0 Å². The highest BCUT2D eigenvalue weighted by molar-refractivity contribution is 7.89. The Morgan fingerprint density at radius 1 is 1.21 bits per heavy atom. The molecule has 1 fully saturated rings. The molecule has 13 heteroatoms. The van der Waals surface area contributed by atoms with Gasteiger partial charge in [-0.3, -0.25) is 0 Å². The quantitative estimate of drug-likeness (QED) is 0.619. The first-order valence-electron chi connectivity index (χ1n) is 8.49. The topological polar surface area (TPSA) is 100 Å². The Balaban J connectivity index is 0.00000210. The summed E-state index contributed by atoms with van der Waals surface area (Å²) in [5.74, 6) is -2.11. The number of aromatic nitrogens is 3. The van der Waals surface area contributed by atoms with Crippen LogP contribution in [0.4, 0.5) is 8.78 Å². The molecule has 0 radical (unpaired) electrons. The predicted octanol–water partition coefficient (Wildman–Crippen LogP) is 0.913. The van der Waals surface area contributed by atoms with Crippen molar-refractivity contribution in [3.8, 4) is 0 Å². The van der Waals surface area contributed by atoms with Crippen LogP contribution in [-0.2, 0) is 22.2 Å². The van der Waals surface area contributed by atoms with Crippen LogP contribution in [0.2, 0.25) is 0 Å². The Morgan fingerprint density at radius 3 is 2.48 bits per heavy atom. The van der Waals surface area contributed by atoms with Crippen molar-refractivity contribution in [3.05, 3.63) is 48.1 Å². The third-order valence-electron chi connectivity index (χ3n) is 4.57. The molecule has 0 unspecified atom stereocenters. The molecule has 3 rings (SSSR count). The summed E-state index contributed by atoms with van der Waals surface area (Å²) in [6.07, 6.45) is 2.30. The number of halogens is 4. The van der Waals surface area contributed by atoms with E-state index in [1.807, 2.05) is 0 Å². The number of nitrogens with one attached hydrogen (secondary N) is 1. The lowest BCUT2D eigenvalue weighted by Gasteiger charge is -2.31. The van der Waals surface area contributed by atoms with Crippen molar-refractivity contribution >= 4 is 34.8 Å². The van der Waals surface area contributed by atoms with Crippen LogP contribution in [0, 0.1) is 11.6 Å². The molecule has 164 valence electrons. The van der Waals surface area contributed by atoms with E-state index in [-0.39, 0.29) is 49.1 Å². The summed E-state index contributed by atoms with van der Waals surface area (Å²) in [6, 6.07) is 2.81. The molecule has 8 nitrogen and oxygen atoms in total. The molecule has 0 aliphatic carbocycles. The Hall–Kier alpha value is -1.37. The number of sulfonamides is 1. The normalized spacial score (nSPS) is 17.1. The van der Waals surface area contributed by atoms with E-state index in [1.165, 1.54) is 21.6 Å². The van der Waals surface area contributed by atoms with E-state index in [0.717, 1.165) is 12.1 Å². The zero-order chi connectivity index (χ0) is 19.5. The van der Waals surface area contributed by atoms with Crippen molar-refractivity contribution in [3.63, 3.8) is 0 Å². The number of nitrogens with zero attached hydrogens (tertiary/aromatic N) is 4. The second-order valence-corrected chi connectivity index (χ2v) is 8.55.